The molecule has 0 spiro atoms. The summed E-state index contributed by atoms with van der Waals surface area (Å²) in [5, 5.41) is 13.7. The average molecular weight is 228 g/mol. The first-order valence-electron chi connectivity index (χ1n) is 5.40. The van der Waals surface area contributed by atoms with Crippen LogP contribution in [0.3, 0.4) is 0 Å². The molecule has 16 heavy (non-hydrogen) atoms. The first-order valence-corrected chi connectivity index (χ1v) is 5.40. The first-order chi connectivity index (χ1) is 7.09. The minimum absolute atomic E-state index is 0.279. The van der Waals surface area contributed by atoms with Crippen molar-refractivity contribution in [1.29, 1.82) is 0 Å². The van der Waals surface area contributed by atoms with Gasteiger partial charge in [0.25, 0.3) is 0 Å². The Kier molecular flexibility index (Phi) is 3.28. The molecule has 1 heterocycles. The summed E-state index contributed by atoms with van der Waals surface area (Å²) in [6.07, 6.45) is 0.461. The van der Waals surface area contributed by atoms with Crippen LogP contribution in [0.4, 0.5) is 0 Å². The SMILES string of the molecule is CC(C)(O)CCn1nc(C(C)(C)C)oc1=O. The van der Waals surface area contributed by atoms with Crippen LogP contribution in [0.5, 0.6) is 0 Å². The summed E-state index contributed by atoms with van der Waals surface area (Å²) in [5.41, 5.74) is -1.08. The molecule has 0 saturated heterocycles. The lowest BCUT2D eigenvalue weighted by Crippen LogP contribution is -2.25. The highest BCUT2D eigenvalue weighted by atomic mass is 16.4. The second-order valence-corrected chi connectivity index (χ2v) is 5.71. The van der Waals surface area contributed by atoms with Gasteiger partial charge >= 0.3 is 5.76 Å². The first kappa shape index (κ1) is 13.0. The van der Waals surface area contributed by atoms with E-state index in [2.05, 4.69) is 5.10 Å². The molecule has 1 N–H and O–H groups in total. The molecule has 0 aromatic carbocycles. The van der Waals surface area contributed by atoms with Crippen LogP contribution in [-0.2, 0) is 12.0 Å². The van der Waals surface area contributed by atoms with Gasteiger partial charge in [-0.2, -0.15) is 4.68 Å². The molecule has 0 amide bonds. The molecule has 0 aliphatic carbocycles. The van der Waals surface area contributed by atoms with E-state index >= 15 is 0 Å². The molecule has 0 atom stereocenters. The molecule has 1 aromatic heterocycles. The van der Waals surface area contributed by atoms with Gasteiger partial charge in [0.15, 0.2) is 0 Å². The van der Waals surface area contributed by atoms with Crippen LogP contribution in [0, 0.1) is 0 Å². The summed E-state index contributed by atoms with van der Waals surface area (Å²) in [5.74, 6) is -0.0394. The van der Waals surface area contributed by atoms with Crippen molar-refractivity contribution in [2.24, 2.45) is 0 Å². The maximum atomic E-state index is 11.5. The summed E-state index contributed by atoms with van der Waals surface area (Å²) in [4.78, 5) is 11.5. The van der Waals surface area contributed by atoms with Gasteiger partial charge in [0.2, 0.25) is 5.89 Å². The van der Waals surface area contributed by atoms with Crippen LogP contribution >= 0.6 is 0 Å². The van der Waals surface area contributed by atoms with Crippen LogP contribution in [0.1, 0.15) is 46.9 Å². The summed E-state index contributed by atoms with van der Waals surface area (Å²) in [7, 11) is 0. The second-order valence-electron chi connectivity index (χ2n) is 5.71. The smallest absolute Gasteiger partial charge is 0.392 e. The van der Waals surface area contributed by atoms with E-state index in [4.69, 9.17) is 4.42 Å². The Morgan fingerprint density at radius 2 is 1.88 bits per heavy atom. The number of rotatable bonds is 3. The van der Waals surface area contributed by atoms with E-state index in [1.165, 1.54) is 4.68 Å². The molecule has 5 nitrogen and oxygen atoms in total. The number of hydrogen-bond donors (Lipinski definition) is 1. The Labute approximate surface area is 95.1 Å². The van der Waals surface area contributed by atoms with Gasteiger partial charge < -0.3 is 9.52 Å². The van der Waals surface area contributed by atoms with Gasteiger partial charge in [-0.1, -0.05) is 20.8 Å². The largest absolute Gasteiger partial charge is 0.437 e. The fraction of sp³-hybridized carbons (Fsp3) is 0.818. The van der Waals surface area contributed by atoms with Crippen LogP contribution in [0.25, 0.3) is 0 Å². The predicted octanol–water partition coefficient (Wildman–Crippen LogP) is 1.29. The topological polar surface area (TPSA) is 68.3 Å². The fourth-order valence-electron chi connectivity index (χ4n) is 1.13. The zero-order chi connectivity index (χ0) is 12.6. The van der Waals surface area contributed by atoms with E-state index in [0.29, 0.717) is 18.9 Å². The number of aryl methyl sites for hydroxylation is 1. The van der Waals surface area contributed by atoms with Gasteiger partial charge in [0.05, 0.1) is 12.1 Å². The third-order valence-electron chi connectivity index (χ3n) is 2.18. The summed E-state index contributed by atoms with van der Waals surface area (Å²) in [6.45, 7) is 9.54. The number of aliphatic hydroxyl groups is 1. The Balaban J connectivity index is 2.84. The highest BCUT2D eigenvalue weighted by Crippen LogP contribution is 2.18. The van der Waals surface area contributed by atoms with Crippen molar-refractivity contribution in [3.8, 4) is 0 Å². The van der Waals surface area contributed by atoms with Crippen LogP contribution in [0.2, 0.25) is 0 Å². The van der Waals surface area contributed by atoms with E-state index in [9.17, 15) is 9.90 Å². The predicted molar refractivity (Wildman–Crippen MR) is 60.4 cm³/mol. The van der Waals surface area contributed by atoms with Gasteiger partial charge in [-0.15, -0.1) is 5.10 Å². The third-order valence-corrected chi connectivity index (χ3v) is 2.18. The maximum absolute atomic E-state index is 11.5. The van der Waals surface area contributed by atoms with Crippen molar-refractivity contribution >= 4 is 0 Å². The molecule has 0 fully saturated rings. The molecule has 92 valence electrons. The van der Waals surface area contributed by atoms with Crippen LogP contribution < -0.4 is 5.76 Å². The van der Waals surface area contributed by atoms with Gasteiger partial charge in [0, 0.05) is 5.41 Å². The lowest BCUT2D eigenvalue weighted by Gasteiger charge is -2.15. The molecular weight excluding hydrogens is 208 g/mol. The number of hydrogen-bond acceptors (Lipinski definition) is 4. The van der Waals surface area contributed by atoms with Crippen LogP contribution in [0.15, 0.2) is 9.21 Å². The molecule has 5 heteroatoms. The van der Waals surface area contributed by atoms with Gasteiger partial charge in [0.1, 0.15) is 0 Å². The Bertz CT molecular complexity index is 404. The van der Waals surface area contributed by atoms with E-state index in [1.807, 2.05) is 20.8 Å². The molecular formula is C11H20N2O3. The summed E-state index contributed by atoms with van der Waals surface area (Å²) < 4.78 is 6.32. The van der Waals surface area contributed by atoms with E-state index < -0.39 is 11.4 Å². The molecule has 1 aromatic rings. The molecule has 0 bridgehead atoms. The van der Waals surface area contributed by atoms with Crippen molar-refractivity contribution < 1.29 is 9.52 Å². The number of nitrogens with zero attached hydrogens (tertiary/aromatic N) is 2. The van der Waals surface area contributed by atoms with Gasteiger partial charge in [-0.05, 0) is 20.3 Å². The zero-order valence-corrected chi connectivity index (χ0v) is 10.6. The molecule has 0 saturated carbocycles. The highest BCUT2D eigenvalue weighted by Gasteiger charge is 2.23. The number of aromatic nitrogens is 2. The monoisotopic (exact) mass is 228 g/mol. The summed E-state index contributed by atoms with van der Waals surface area (Å²) in [6, 6.07) is 0. The fourth-order valence-corrected chi connectivity index (χ4v) is 1.13. The Morgan fingerprint density at radius 3 is 2.25 bits per heavy atom. The van der Waals surface area contributed by atoms with Gasteiger partial charge in [-0.3, -0.25) is 0 Å². The van der Waals surface area contributed by atoms with Crippen molar-refractivity contribution in [2.75, 3.05) is 0 Å². The van der Waals surface area contributed by atoms with Gasteiger partial charge in [-0.25, -0.2) is 4.79 Å². The zero-order valence-electron chi connectivity index (χ0n) is 10.6. The maximum Gasteiger partial charge on any atom is 0.437 e. The average Bonchev–Trinajstić information content (AvgIpc) is 2.41. The second kappa shape index (κ2) is 4.05. The molecule has 0 unspecified atom stereocenters. The van der Waals surface area contributed by atoms with Crippen molar-refractivity contribution in [1.82, 2.24) is 9.78 Å². The third kappa shape index (κ3) is 3.48. The van der Waals surface area contributed by atoms with Crippen molar-refractivity contribution in [3.63, 3.8) is 0 Å². The Morgan fingerprint density at radius 1 is 1.31 bits per heavy atom. The molecule has 0 aliphatic heterocycles. The normalized spacial score (nSPS) is 13.1. The lowest BCUT2D eigenvalue weighted by atomic mass is 9.97. The molecule has 0 aliphatic rings. The molecule has 1 rings (SSSR count). The minimum Gasteiger partial charge on any atom is -0.392 e. The quantitative estimate of drug-likeness (QED) is 0.846. The van der Waals surface area contributed by atoms with E-state index in [1.54, 1.807) is 13.8 Å². The standard InChI is InChI=1S/C11H20N2O3/c1-10(2,3)8-12-13(9(14)16-8)7-6-11(4,5)15/h15H,6-7H2,1-5H3. The van der Waals surface area contributed by atoms with E-state index in [-0.39, 0.29) is 5.41 Å². The minimum atomic E-state index is -0.805. The molecule has 0 radical (unpaired) electrons. The van der Waals surface area contributed by atoms with Crippen LogP contribution in [-0.4, -0.2) is 20.5 Å². The highest BCUT2D eigenvalue weighted by molar-refractivity contribution is 4.93. The Hall–Kier alpha value is -1.10. The van der Waals surface area contributed by atoms with Crippen molar-refractivity contribution in [3.05, 3.63) is 16.4 Å². The summed E-state index contributed by atoms with van der Waals surface area (Å²) >= 11 is 0. The van der Waals surface area contributed by atoms with E-state index in [0.717, 1.165) is 0 Å². The van der Waals surface area contributed by atoms with Crippen molar-refractivity contribution in [2.45, 2.75) is 58.6 Å². The lowest BCUT2D eigenvalue weighted by molar-refractivity contribution is 0.0645.